The summed E-state index contributed by atoms with van der Waals surface area (Å²) in [7, 11) is -5.66. The molecule has 1 amide bonds. The van der Waals surface area contributed by atoms with Crippen LogP contribution in [-0.4, -0.2) is 107 Å². The van der Waals surface area contributed by atoms with Crippen molar-refractivity contribution in [2.75, 3.05) is 26.3 Å². The molecule has 188 valence electrons. The molecule has 5 atom stereocenters. The van der Waals surface area contributed by atoms with Crippen molar-refractivity contribution in [3.05, 3.63) is 0 Å². The number of aliphatic carboxylic acids is 1. The van der Waals surface area contributed by atoms with Gasteiger partial charge in [0.25, 0.3) is 10.2 Å². The fraction of sp³-hybridized carbons (Fsp3) is 0.889. The van der Waals surface area contributed by atoms with Crippen molar-refractivity contribution in [3.8, 4) is 0 Å². The van der Waals surface area contributed by atoms with E-state index < -0.39 is 65.3 Å². The van der Waals surface area contributed by atoms with Crippen molar-refractivity contribution < 1.29 is 37.9 Å². The summed E-state index contributed by atoms with van der Waals surface area (Å²) < 4.78 is 35.4. The maximum atomic E-state index is 13.7. The summed E-state index contributed by atoms with van der Waals surface area (Å²) in [6.45, 7) is 1.27. The second-order valence-electron chi connectivity index (χ2n) is 9.32. The summed E-state index contributed by atoms with van der Waals surface area (Å²) >= 11 is 0. The molecule has 1 aliphatic carbocycles. The Kier molecular flexibility index (Phi) is 8.06. The Bertz CT molecular complexity index is 842. The highest BCUT2D eigenvalue weighted by atomic mass is 32.2. The molecule has 0 aromatic carbocycles. The van der Waals surface area contributed by atoms with Crippen LogP contribution >= 0.6 is 0 Å². The van der Waals surface area contributed by atoms with Gasteiger partial charge in [-0.1, -0.05) is 6.42 Å². The van der Waals surface area contributed by atoms with Crippen LogP contribution in [0, 0.1) is 5.92 Å². The van der Waals surface area contributed by atoms with E-state index in [9.17, 15) is 23.1 Å². The standard InChI is InChI=1S/C18H34BN5O8S/c1-11(20)16(25)22-14-8-32-9-15(14)24(13-4-5-13)33(30,31)23-7-12(3-2-6-19(28)29)18(21,10-23)17(26)27/h11-15,28-29H,2-10,20-21H2,1H3,(H,22,25)(H,26,27)/t11-,12-,14-,15?,18-/m0/s1. The highest BCUT2D eigenvalue weighted by molar-refractivity contribution is 7.86. The first-order chi connectivity index (χ1) is 15.4. The van der Waals surface area contributed by atoms with Crippen LogP contribution in [0.5, 0.6) is 0 Å². The SMILES string of the molecule is C[C@H](N)C(=O)N[C@H]1COCC1N(C1CC1)S(=O)(=O)N1C[C@H](CCCB(O)O)[C@](N)(C(=O)O)C1. The van der Waals surface area contributed by atoms with E-state index in [0.717, 1.165) is 4.31 Å². The average molecular weight is 491 g/mol. The Labute approximate surface area is 193 Å². The number of carboxylic acids is 1. The number of nitrogens with one attached hydrogen (secondary N) is 1. The lowest BCUT2D eigenvalue weighted by atomic mass is 9.78. The minimum Gasteiger partial charge on any atom is -0.480 e. The largest absolute Gasteiger partial charge is 0.480 e. The van der Waals surface area contributed by atoms with E-state index in [4.69, 9.17) is 26.3 Å². The summed E-state index contributed by atoms with van der Waals surface area (Å²) in [5.41, 5.74) is 10.0. The Morgan fingerprint density at radius 1 is 1.33 bits per heavy atom. The number of carbonyl (C=O) groups excluding carboxylic acids is 1. The molecule has 0 spiro atoms. The number of rotatable bonds is 11. The van der Waals surface area contributed by atoms with E-state index in [0.29, 0.717) is 12.8 Å². The first kappa shape index (κ1) is 26.3. The van der Waals surface area contributed by atoms with Crippen LogP contribution in [0.15, 0.2) is 0 Å². The van der Waals surface area contributed by atoms with Gasteiger partial charge in [-0.3, -0.25) is 9.59 Å². The molecule has 2 aliphatic heterocycles. The molecular weight excluding hydrogens is 457 g/mol. The number of amides is 1. The molecule has 2 saturated heterocycles. The van der Waals surface area contributed by atoms with Gasteiger partial charge >= 0.3 is 13.1 Å². The summed E-state index contributed by atoms with van der Waals surface area (Å²) in [6, 6.07) is -2.25. The molecule has 0 radical (unpaired) electrons. The monoisotopic (exact) mass is 491 g/mol. The minimum atomic E-state index is -4.13. The number of hydrogen-bond donors (Lipinski definition) is 6. The molecule has 0 aromatic heterocycles. The fourth-order valence-corrected chi connectivity index (χ4v) is 6.70. The molecule has 0 aromatic rings. The Balaban J connectivity index is 1.81. The molecule has 0 bridgehead atoms. The fourth-order valence-electron chi connectivity index (χ4n) is 4.55. The second-order valence-corrected chi connectivity index (χ2v) is 11.2. The van der Waals surface area contributed by atoms with E-state index in [1.807, 2.05) is 0 Å². The lowest BCUT2D eigenvalue weighted by Crippen LogP contribution is -2.59. The second kappa shape index (κ2) is 10.1. The molecule has 13 nitrogen and oxygen atoms in total. The molecule has 15 heteroatoms. The van der Waals surface area contributed by atoms with Crippen LogP contribution < -0.4 is 16.8 Å². The predicted molar refractivity (Wildman–Crippen MR) is 118 cm³/mol. The van der Waals surface area contributed by atoms with E-state index >= 15 is 0 Å². The number of hydrogen-bond acceptors (Lipinski definition) is 9. The van der Waals surface area contributed by atoms with E-state index in [1.54, 1.807) is 0 Å². The molecule has 1 saturated carbocycles. The van der Waals surface area contributed by atoms with Crippen LogP contribution in [0.4, 0.5) is 0 Å². The topological polar surface area (TPSA) is 209 Å². The molecule has 3 rings (SSSR count). The van der Waals surface area contributed by atoms with Crippen molar-refractivity contribution in [2.24, 2.45) is 17.4 Å². The van der Waals surface area contributed by atoms with Gasteiger partial charge in [-0.2, -0.15) is 17.0 Å². The Morgan fingerprint density at radius 3 is 2.55 bits per heavy atom. The van der Waals surface area contributed by atoms with Gasteiger partial charge in [-0.15, -0.1) is 0 Å². The summed E-state index contributed by atoms with van der Waals surface area (Å²) in [6.07, 6.45) is 1.86. The van der Waals surface area contributed by atoms with E-state index in [2.05, 4.69) is 5.32 Å². The predicted octanol–water partition coefficient (Wildman–Crippen LogP) is -3.11. The lowest BCUT2D eigenvalue weighted by molar-refractivity contribution is -0.144. The normalized spacial score (nSPS) is 31.6. The summed E-state index contributed by atoms with van der Waals surface area (Å²) in [5, 5.41) is 30.7. The van der Waals surface area contributed by atoms with Crippen LogP contribution in [0.2, 0.25) is 6.32 Å². The lowest BCUT2D eigenvalue weighted by Gasteiger charge is -2.34. The zero-order chi connectivity index (χ0) is 24.6. The molecule has 8 N–H and O–H groups in total. The average Bonchev–Trinajstić information content (AvgIpc) is 3.33. The first-order valence-corrected chi connectivity index (χ1v) is 12.6. The third kappa shape index (κ3) is 5.67. The van der Waals surface area contributed by atoms with E-state index in [1.165, 1.54) is 11.2 Å². The molecule has 3 fully saturated rings. The maximum Gasteiger partial charge on any atom is 0.451 e. The number of nitrogens with two attached hydrogens (primary N) is 2. The molecular formula is C18H34BN5O8S. The molecule has 1 unspecified atom stereocenters. The van der Waals surface area contributed by atoms with Crippen molar-refractivity contribution in [1.29, 1.82) is 0 Å². The zero-order valence-electron chi connectivity index (χ0n) is 18.7. The summed E-state index contributed by atoms with van der Waals surface area (Å²) in [4.78, 5) is 24.1. The molecule has 3 aliphatic rings. The number of nitrogens with zero attached hydrogens (tertiary/aromatic N) is 2. The quantitative estimate of drug-likeness (QED) is 0.160. The van der Waals surface area contributed by atoms with Crippen molar-refractivity contribution in [1.82, 2.24) is 13.9 Å². The van der Waals surface area contributed by atoms with Crippen molar-refractivity contribution in [2.45, 2.75) is 68.6 Å². The van der Waals surface area contributed by atoms with Gasteiger partial charge in [0.05, 0.1) is 31.3 Å². The Morgan fingerprint density at radius 2 is 2.00 bits per heavy atom. The number of ether oxygens (including phenoxy) is 1. The third-order valence-electron chi connectivity index (χ3n) is 6.62. The maximum absolute atomic E-state index is 13.7. The van der Waals surface area contributed by atoms with Crippen LogP contribution in [-0.2, 0) is 24.5 Å². The van der Waals surface area contributed by atoms with Gasteiger partial charge in [0.15, 0.2) is 0 Å². The van der Waals surface area contributed by atoms with E-state index in [-0.39, 0.29) is 45.0 Å². The Hall–Kier alpha value is -1.33. The highest BCUT2D eigenvalue weighted by Crippen LogP contribution is 2.39. The van der Waals surface area contributed by atoms with Gasteiger partial charge in [0.2, 0.25) is 5.91 Å². The van der Waals surface area contributed by atoms with Crippen molar-refractivity contribution in [3.63, 3.8) is 0 Å². The number of carboxylic acid groups (broad SMARTS) is 1. The van der Waals surface area contributed by atoms with Gasteiger partial charge in [-0.25, -0.2) is 0 Å². The highest BCUT2D eigenvalue weighted by Gasteiger charge is 2.56. The molecule has 33 heavy (non-hydrogen) atoms. The van der Waals surface area contributed by atoms with Crippen LogP contribution in [0.25, 0.3) is 0 Å². The van der Waals surface area contributed by atoms with Crippen LogP contribution in [0.1, 0.15) is 32.6 Å². The van der Waals surface area contributed by atoms with Crippen molar-refractivity contribution >= 4 is 29.2 Å². The van der Waals surface area contributed by atoms with Gasteiger partial charge < -0.3 is 36.7 Å². The van der Waals surface area contributed by atoms with Gasteiger partial charge in [-0.05, 0) is 32.5 Å². The number of carbonyl (C=O) groups is 2. The van der Waals surface area contributed by atoms with Crippen LogP contribution in [0.3, 0.4) is 0 Å². The minimum absolute atomic E-state index is 0.0352. The van der Waals surface area contributed by atoms with Gasteiger partial charge in [0, 0.05) is 25.0 Å². The first-order valence-electron chi connectivity index (χ1n) is 11.2. The summed E-state index contributed by atoms with van der Waals surface area (Å²) in [5.74, 6) is -2.42. The molecule has 2 heterocycles. The zero-order valence-corrected chi connectivity index (χ0v) is 19.5. The van der Waals surface area contributed by atoms with Gasteiger partial charge in [0.1, 0.15) is 5.54 Å². The third-order valence-corrected chi connectivity index (χ3v) is 8.65. The smallest absolute Gasteiger partial charge is 0.451 e.